The summed E-state index contributed by atoms with van der Waals surface area (Å²) in [7, 11) is 0. The third-order valence-electron chi connectivity index (χ3n) is 12.1. The molecule has 0 fully saturated rings. The highest BCUT2D eigenvalue weighted by atomic mass is 14.8. The van der Waals surface area contributed by atoms with Crippen LogP contribution in [0.2, 0.25) is 0 Å². The molecule has 1 aliphatic rings. The third kappa shape index (κ3) is 5.97. The second-order valence-electron chi connectivity index (χ2n) is 15.7. The Labute approximate surface area is 343 Å². The predicted molar refractivity (Wildman–Crippen MR) is 246 cm³/mol. The minimum absolute atomic E-state index is 0.313. The van der Waals surface area contributed by atoms with Crippen LogP contribution in [0.15, 0.2) is 182 Å². The molecule has 0 aliphatic heterocycles. The molecule has 3 nitrogen and oxygen atoms in total. The normalized spacial score (nSPS) is 13.5. The van der Waals surface area contributed by atoms with Gasteiger partial charge in [-0.25, -0.2) is 9.97 Å². The van der Waals surface area contributed by atoms with Gasteiger partial charge in [0.05, 0.1) is 34.1 Å². The predicted octanol–water partition coefficient (Wildman–Crippen LogP) is 14.8. The molecule has 1 aliphatic carbocycles. The third-order valence-corrected chi connectivity index (χ3v) is 12.1. The Hall–Kier alpha value is -7.67. The fourth-order valence-corrected chi connectivity index (χ4v) is 9.17. The SMILES string of the molecule is CC1CC=Cc2c(-c3ccc(-c4ccc5ccc6ccc(-c7ccccc7)nc6c5n4)cc3)ccc(-c3cc(C#N)cc(-c4cc5ccccc5c5ccccc45)c3)c21. The number of nitriles is 1. The number of aromatic nitrogens is 2. The summed E-state index contributed by atoms with van der Waals surface area (Å²) in [6.07, 6.45) is 5.56. The number of nitrogens with zero attached hydrogens (tertiary/aromatic N) is 3. The van der Waals surface area contributed by atoms with Crippen LogP contribution < -0.4 is 0 Å². The molecule has 3 heteroatoms. The summed E-state index contributed by atoms with van der Waals surface area (Å²) >= 11 is 0. The van der Waals surface area contributed by atoms with Gasteiger partial charge in [0.2, 0.25) is 0 Å². The smallest absolute Gasteiger partial charge is 0.0992 e. The average molecular weight is 752 g/mol. The van der Waals surface area contributed by atoms with Crippen molar-refractivity contribution in [2.45, 2.75) is 19.3 Å². The maximum Gasteiger partial charge on any atom is 0.0992 e. The molecule has 10 aromatic rings. The van der Waals surface area contributed by atoms with Crippen LogP contribution in [0.25, 0.3) is 105 Å². The minimum Gasteiger partial charge on any atom is -0.245 e. The first-order chi connectivity index (χ1) is 29.1. The van der Waals surface area contributed by atoms with Crippen molar-refractivity contribution < 1.29 is 0 Å². The summed E-state index contributed by atoms with van der Waals surface area (Å²) in [5.41, 5.74) is 15.8. The van der Waals surface area contributed by atoms with E-state index in [2.05, 4.69) is 177 Å². The van der Waals surface area contributed by atoms with Crippen LogP contribution in [0.4, 0.5) is 0 Å². The van der Waals surface area contributed by atoms with E-state index in [9.17, 15) is 5.26 Å². The molecular weight excluding hydrogens is 715 g/mol. The van der Waals surface area contributed by atoms with Gasteiger partial charge >= 0.3 is 0 Å². The average Bonchev–Trinajstić information content (AvgIpc) is 3.31. The van der Waals surface area contributed by atoms with E-state index in [0.29, 0.717) is 11.5 Å². The van der Waals surface area contributed by atoms with Gasteiger partial charge in [-0.1, -0.05) is 159 Å². The highest BCUT2D eigenvalue weighted by molar-refractivity contribution is 6.14. The Balaban J connectivity index is 0.988. The molecule has 11 rings (SSSR count). The van der Waals surface area contributed by atoms with Gasteiger partial charge in [-0.15, -0.1) is 0 Å². The standard InChI is InChI=1S/C56H37N3/c1-35-10-9-17-50-46(37-18-20-39(21-19-37)53-29-25-41-23-22-40-24-28-52(38-11-3-2-4-12-38)58-55(40)56(41)59-53)26-27-47(54(35)50)43-30-36(34-57)31-44(32-43)51-33-42-13-5-6-14-45(42)48-15-7-8-16-49(48)51/h2-9,11-33,35H,10H2,1H3. The van der Waals surface area contributed by atoms with Gasteiger partial charge in [-0.3, -0.25) is 0 Å². The van der Waals surface area contributed by atoms with Crippen molar-refractivity contribution in [1.29, 1.82) is 5.26 Å². The number of benzene rings is 8. The van der Waals surface area contributed by atoms with Gasteiger partial charge in [-0.2, -0.15) is 5.26 Å². The summed E-state index contributed by atoms with van der Waals surface area (Å²) in [6, 6.07) is 64.7. The highest BCUT2D eigenvalue weighted by Crippen LogP contribution is 2.44. The summed E-state index contributed by atoms with van der Waals surface area (Å²) in [4.78, 5) is 10.3. The lowest BCUT2D eigenvalue weighted by atomic mass is 9.79. The van der Waals surface area contributed by atoms with E-state index < -0.39 is 0 Å². The van der Waals surface area contributed by atoms with Crippen molar-refractivity contribution in [3.8, 4) is 62.0 Å². The molecule has 2 heterocycles. The molecule has 1 atom stereocenters. The first-order valence-electron chi connectivity index (χ1n) is 20.3. The van der Waals surface area contributed by atoms with E-state index in [-0.39, 0.29) is 0 Å². The maximum atomic E-state index is 10.3. The Kier molecular flexibility index (Phi) is 8.24. The number of rotatable bonds is 5. The Bertz CT molecular complexity index is 3370. The van der Waals surface area contributed by atoms with Crippen LogP contribution in [-0.4, -0.2) is 9.97 Å². The van der Waals surface area contributed by atoms with Crippen LogP contribution in [-0.2, 0) is 0 Å². The molecule has 276 valence electrons. The van der Waals surface area contributed by atoms with E-state index in [1.165, 1.54) is 43.8 Å². The summed E-state index contributed by atoms with van der Waals surface area (Å²) in [5, 5.41) is 17.3. The van der Waals surface area contributed by atoms with E-state index in [4.69, 9.17) is 9.97 Å². The molecule has 0 amide bonds. The first-order valence-corrected chi connectivity index (χ1v) is 20.3. The molecule has 0 saturated carbocycles. The number of hydrogen-bond donors (Lipinski definition) is 0. The zero-order chi connectivity index (χ0) is 39.5. The summed E-state index contributed by atoms with van der Waals surface area (Å²) in [5.74, 6) is 0.313. The van der Waals surface area contributed by atoms with E-state index in [1.54, 1.807) is 0 Å². The van der Waals surface area contributed by atoms with Gasteiger partial charge in [0, 0.05) is 21.9 Å². The van der Waals surface area contributed by atoms with Crippen molar-refractivity contribution >= 4 is 49.4 Å². The van der Waals surface area contributed by atoms with Gasteiger partial charge in [0.1, 0.15) is 0 Å². The maximum absolute atomic E-state index is 10.3. The van der Waals surface area contributed by atoms with Crippen LogP contribution >= 0.6 is 0 Å². The minimum atomic E-state index is 0.313. The molecule has 0 bridgehead atoms. The zero-order valence-corrected chi connectivity index (χ0v) is 32.5. The lowest BCUT2D eigenvalue weighted by Crippen LogP contribution is -2.05. The molecule has 1 unspecified atom stereocenters. The molecule has 0 radical (unpaired) electrons. The van der Waals surface area contributed by atoms with Gasteiger partial charge < -0.3 is 0 Å². The van der Waals surface area contributed by atoms with Crippen LogP contribution in [0, 0.1) is 11.3 Å². The van der Waals surface area contributed by atoms with E-state index >= 15 is 0 Å². The Morgan fingerprint density at radius 3 is 1.76 bits per heavy atom. The van der Waals surface area contributed by atoms with Crippen LogP contribution in [0.3, 0.4) is 0 Å². The molecule has 0 N–H and O–H groups in total. The largest absolute Gasteiger partial charge is 0.245 e. The summed E-state index contributed by atoms with van der Waals surface area (Å²) < 4.78 is 0. The number of fused-ring (bicyclic) bond motifs is 7. The van der Waals surface area contributed by atoms with E-state index in [0.717, 1.165) is 73.0 Å². The lowest BCUT2D eigenvalue weighted by Gasteiger charge is -2.25. The number of pyridine rings is 2. The second-order valence-corrected chi connectivity index (χ2v) is 15.7. The fraction of sp³-hybridized carbons (Fsp3) is 0.0536. The molecular formula is C56H37N3. The zero-order valence-electron chi connectivity index (χ0n) is 32.5. The van der Waals surface area contributed by atoms with Crippen molar-refractivity contribution in [2.75, 3.05) is 0 Å². The quantitative estimate of drug-likeness (QED) is 0.165. The fourth-order valence-electron chi connectivity index (χ4n) is 9.17. The lowest BCUT2D eigenvalue weighted by molar-refractivity contribution is 0.774. The Morgan fingerprint density at radius 1 is 0.475 bits per heavy atom. The highest BCUT2D eigenvalue weighted by Gasteiger charge is 2.22. The van der Waals surface area contributed by atoms with E-state index in [1.807, 2.05) is 24.3 Å². The summed E-state index contributed by atoms with van der Waals surface area (Å²) in [6.45, 7) is 2.32. The van der Waals surface area contributed by atoms with Gasteiger partial charge in [-0.05, 0) is 115 Å². The molecule has 8 aromatic carbocycles. The molecule has 0 spiro atoms. The number of allylic oxidation sites excluding steroid dienone is 1. The van der Waals surface area contributed by atoms with Crippen LogP contribution in [0.5, 0.6) is 0 Å². The van der Waals surface area contributed by atoms with Crippen molar-refractivity contribution in [3.05, 3.63) is 199 Å². The monoisotopic (exact) mass is 751 g/mol. The van der Waals surface area contributed by atoms with Crippen molar-refractivity contribution in [1.82, 2.24) is 9.97 Å². The van der Waals surface area contributed by atoms with Crippen molar-refractivity contribution in [2.24, 2.45) is 0 Å². The Morgan fingerprint density at radius 2 is 1.05 bits per heavy atom. The topological polar surface area (TPSA) is 49.6 Å². The van der Waals surface area contributed by atoms with Gasteiger partial charge in [0.25, 0.3) is 0 Å². The van der Waals surface area contributed by atoms with Crippen molar-refractivity contribution in [3.63, 3.8) is 0 Å². The van der Waals surface area contributed by atoms with Gasteiger partial charge in [0.15, 0.2) is 0 Å². The molecule has 59 heavy (non-hydrogen) atoms. The molecule has 2 aromatic heterocycles. The van der Waals surface area contributed by atoms with Crippen LogP contribution in [0.1, 0.15) is 36.0 Å². The molecule has 0 saturated heterocycles. The number of hydrogen-bond acceptors (Lipinski definition) is 3. The second kappa shape index (κ2) is 14.1. The first kappa shape index (κ1) is 34.6.